The molecule has 0 aliphatic heterocycles. The molecule has 0 N–H and O–H groups in total. The molecule has 6 aromatic carbocycles. The average Bonchev–Trinajstić information content (AvgIpc) is 3.65. The average molecular weight is 499 g/mol. The highest BCUT2D eigenvalue weighted by Gasteiger charge is 2.22. The van der Waals surface area contributed by atoms with Gasteiger partial charge in [-0.25, -0.2) is 0 Å². The van der Waals surface area contributed by atoms with Crippen LogP contribution in [0.2, 0.25) is 0 Å². The molecule has 0 fully saturated rings. The molecular formula is C36H22N2O. The molecule has 0 saturated heterocycles. The van der Waals surface area contributed by atoms with E-state index in [9.17, 15) is 0 Å². The minimum atomic E-state index is 0.910. The van der Waals surface area contributed by atoms with Crippen molar-refractivity contribution in [2.45, 2.75) is 0 Å². The van der Waals surface area contributed by atoms with Gasteiger partial charge in [-0.05, 0) is 48.5 Å². The van der Waals surface area contributed by atoms with Crippen molar-refractivity contribution in [1.82, 2.24) is 9.13 Å². The number of hydrogen-bond donors (Lipinski definition) is 0. The van der Waals surface area contributed by atoms with Crippen molar-refractivity contribution >= 4 is 65.6 Å². The molecule has 0 aliphatic rings. The molecule has 0 radical (unpaired) electrons. The van der Waals surface area contributed by atoms with Crippen LogP contribution in [0.4, 0.5) is 0 Å². The predicted molar refractivity (Wildman–Crippen MR) is 162 cm³/mol. The molecular weight excluding hydrogens is 476 g/mol. The smallest absolute Gasteiger partial charge is 0.159 e. The number of rotatable bonds is 2. The third-order valence-corrected chi connectivity index (χ3v) is 8.11. The van der Waals surface area contributed by atoms with Crippen molar-refractivity contribution in [1.29, 1.82) is 0 Å². The van der Waals surface area contributed by atoms with Gasteiger partial charge in [0, 0.05) is 38.0 Å². The van der Waals surface area contributed by atoms with E-state index in [1.807, 2.05) is 12.1 Å². The molecule has 0 aliphatic carbocycles. The molecule has 0 unspecified atom stereocenters. The number of nitrogens with zero attached hydrogens (tertiary/aromatic N) is 2. The van der Waals surface area contributed by atoms with E-state index >= 15 is 0 Å². The summed E-state index contributed by atoms with van der Waals surface area (Å²) >= 11 is 0. The molecule has 39 heavy (non-hydrogen) atoms. The molecule has 0 atom stereocenters. The van der Waals surface area contributed by atoms with Crippen molar-refractivity contribution < 1.29 is 4.42 Å². The van der Waals surface area contributed by atoms with Crippen LogP contribution in [-0.4, -0.2) is 9.13 Å². The van der Waals surface area contributed by atoms with E-state index in [-0.39, 0.29) is 0 Å². The molecule has 3 nitrogen and oxygen atoms in total. The van der Waals surface area contributed by atoms with Gasteiger partial charge in [0.05, 0.1) is 27.8 Å². The topological polar surface area (TPSA) is 23.0 Å². The third kappa shape index (κ3) is 2.71. The summed E-state index contributed by atoms with van der Waals surface area (Å²) in [5.41, 5.74) is 8.81. The van der Waals surface area contributed by atoms with E-state index in [1.165, 1.54) is 49.3 Å². The first-order chi connectivity index (χ1) is 19.4. The molecule has 0 spiro atoms. The SMILES string of the molecule is c1ccc(-n2c3ccccc3c3c4c5ccccc5n(-c5cccc6c5oc5ccccc56)c4ccc32)cc1. The Morgan fingerprint density at radius 1 is 0.385 bits per heavy atom. The van der Waals surface area contributed by atoms with Crippen LogP contribution in [0, 0.1) is 0 Å². The Morgan fingerprint density at radius 2 is 0.949 bits per heavy atom. The van der Waals surface area contributed by atoms with Crippen molar-refractivity contribution in [3.8, 4) is 11.4 Å². The van der Waals surface area contributed by atoms with Crippen LogP contribution in [0.3, 0.4) is 0 Å². The maximum Gasteiger partial charge on any atom is 0.159 e. The molecule has 0 saturated carbocycles. The highest BCUT2D eigenvalue weighted by molar-refractivity contribution is 6.29. The fourth-order valence-corrected chi connectivity index (χ4v) is 6.54. The van der Waals surface area contributed by atoms with Crippen molar-refractivity contribution in [2.24, 2.45) is 0 Å². The van der Waals surface area contributed by atoms with Gasteiger partial charge in [-0.2, -0.15) is 0 Å². The number of hydrogen-bond acceptors (Lipinski definition) is 1. The Kier molecular flexibility index (Phi) is 4.05. The van der Waals surface area contributed by atoms with E-state index in [4.69, 9.17) is 4.42 Å². The molecule has 182 valence electrons. The quantitative estimate of drug-likeness (QED) is 0.233. The Balaban J connectivity index is 1.49. The summed E-state index contributed by atoms with van der Waals surface area (Å²) in [6.45, 7) is 0. The number of para-hydroxylation sites is 5. The summed E-state index contributed by atoms with van der Waals surface area (Å²) in [6.07, 6.45) is 0. The van der Waals surface area contributed by atoms with Gasteiger partial charge in [0.15, 0.2) is 5.58 Å². The zero-order chi connectivity index (χ0) is 25.5. The zero-order valence-corrected chi connectivity index (χ0v) is 21.0. The first kappa shape index (κ1) is 20.7. The second-order valence-corrected chi connectivity index (χ2v) is 10.1. The van der Waals surface area contributed by atoms with Crippen molar-refractivity contribution in [3.63, 3.8) is 0 Å². The van der Waals surface area contributed by atoms with Gasteiger partial charge < -0.3 is 13.6 Å². The van der Waals surface area contributed by atoms with E-state index in [1.54, 1.807) is 0 Å². The summed E-state index contributed by atoms with van der Waals surface area (Å²) in [7, 11) is 0. The molecule has 3 heteroatoms. The van der Waals surface area contributed by atoms with Gasteiger partial charge in [0.1, 0.15) is 5.58 Å². The normalized spacial score (nSPS) is 12.1. The summed E-state index contributed by atoms with van der Waals surface area (Å²) in [6, 6.07) is 47.4. The minimum Gasteiger partial charge on any atom is -0.454 e. The molecule has 9 rings (SSSR count). The van der Waals surface area contributed by atoms with Gasteiger partial charge in [-0.3, -0.25) is 0 Å². The van der Waals surface area contributed by atoms with Crippen molar-refractivity contribution in [3.05, 3.63) is 133 Å². The van der Waals surface area contributed by atoms with Crippen LogP contribution >= 0.6 is 0 Å². The second-order valence-electron chi connectivity index (χ2n) is 10.1. The largest absolute Gasteiger partial charge is 0.454 e. The van der Waals surface area contributed by atoms with Crippen molar-refractivity contribution in [2.75, 3.05) is 0 Å². The summed E-state index contributed by atoms with van der Waals surface area (Å²) in [5, 5.41) is 7.31. The van der Waals surface area contributed by atoms with Crippen LogP contribution in [0.25, 0.3) is 76.9 Å². The number of aromatic nitrogens is 2. The van der Waals surface area contributed by atoms with Gasteiger partial charge in [0.25, 0.3) is 0 Å². The first-order valence-electron chi connectivity index (χ1n) is 13.3. The predicted octanol–water partition coefficient (Wildman–Crippen LogP) is 9.78. The standard InChI is InChI=1S/C36H22N2O/c1-2-11-23(12-3-1)37-28-17-7-4-14-26(28)34-30(37)21-22-31-35(34)27-15-5-8-18-29(27)38(31)32-19-10-16-25-24-13-6-9-20-33(24)39-36(25)32/h1-22H. The lowest BCUT2D eigenvalue weighted by atomic mass is 10.1. The number of furan rings is 1. The number of fused-ring (bicyclic) bond motifs is 10. The molecule has 0 bridgehead atoms. The second kappa shape index (κ2) is 7.62. The highest BCUT2D eigenvalue weighted by atomic mass is 16.3. The van der Waals surface area contributed by atoms with Gasteiger partial charge in [0.2, 0.25) is 0 Å². The Morgan fingerprint density at radius 3 is 1.69 bits per heavy atom. The minimum absolute atomic E-state index is 0.910. The summed E-state index contributed by atoms with van der Waals surface area (Å²) in [4.78, 5) is 0. The van der Waals surface area contributed by atoms with Gasteiger partial charge in [-0.15, -0.1) is 0 Å². The Bertz CT molecular complexity index is 2390. The van der Waals surface area contributed by atoms with Gasteiger partial charge in [-0.1, -0.05) is 84.9 Å². The molecule has 9 aromatic rings. The molecule has 0 amide bonds. The number of benzene rings is 6. The zero-order valence-electron chi connectivity index (χ0n) is 21.0. The van der Waals surface area contributed by atoms with Crippen LogP contribution in [0.1, 0.15) is 0 Å². The lowest BCUT2D eigenvalue weighted by molar-refractivity contribution is 0.666. The highest BCUT2D eigenvalue weighted by Crippen LogP contribution is 2.43. The van der Waals surface area contributed by atoms with E-state index in [0.717, 1.165) is 27.6 Å². The van der Waals surface area contributed by atoms with E-state index in [2.05, 4.69) is 130 Å². The maximum atomic E-state index is 6.50. The monoisotopic (exact) mass is 498 g/mol. The van der Waals surface area contributed by atoms with Crippen LogP contribution in [0.15, 0.2) is 138 Å². The van der Waals surface area contributed by atoms with Crippen LogP contribution < -0.4 is 0 Å². The molecule has 3 heterocycles. The van der Waals surface area contributed by atoms with Gasteiger partial charge >= 0.3 is 0 Å². The van der Waals surface area contributed by atoms with E-state index < -0.39 is 0 Å². The fourth-order valence-electron chi connectivity index (χ4n) is 6.54. The maximum absolute atomic E-state index is 6.50. The lowest BCUT2D eigenvalue weighted by Crippen LogP contribution is -1.95. The third-order valence-electron chi connectivity index (χ3n) is 8.11. The lowest BCUT2D eigenvalue weighted by Gasteiger charge is -2.09. The fraction of sp³-hybridized carbons (Fsp3) is 0. The Hall–Kier alpha value is -5.28. The summed E-state index contributed by atoms with van der Waals surface area (Å²) in [5.74, 6) is 0. The molecule has 3 aromatic heterocycles. The summed E-state index contributed by atoms with van der Waals surface area (Å²) < 4.78 is 11.3. The van der Waals surface area contributed by atoms with Crippen LogP contribution in [0.5, 0.6) is 0 Å². The van der Waals surface area contributed by atoms with Crippen LogP contribution in [-0.2, 0) is 0 Å². The first-order valence-corrected chi connectivity index (χ1v) is 13.3. The van der Waals surface area contributed by atoms with E-state index in [0.29, 0.717) is 0 Å². The Labute approximate surface area is 223 Å².